The molecule has 6 fully saturated rings. The number of ether oxygens (including phenoxy) is 2. The van der Waals surface area contributed by atoms with Gasteiger partial charge in [-0.15, -0.1) is 0 Å². The normalized spacial score (nSPS) is 48.5. The van der Waals surface area contributed by atoms with Crippen LogP contribution in [0.15, 0.2) is 12.7 Å². The number of carbonyl (C=O) groups is 1. The second kappa shape index (κ2) is 10.2. The van der Waals surface area contributed by atoms with Gasteiger partial charge in [-0.3, -0.25) is 9.69 Å². The van der Waals surface area contributed by atoms with Gasteiger partial charge in [0.2, 0.25) is 0 Å². The Labute approximate surface area is 230 Å². The van der Waals surface area contributed by atoms with Crippen molar-refractivity contribution in [3.8, 4) is 0 Å². The predicted octanol–water partition coefficient (Wildman–Crippen LogP) is 4.41. The summed E-state index contributed by atoms with van der Waals surface area (Å²) in [6, 6.07) is 0.663. The summed E-state index contributed by atoms with van der Waals surface area (Å²) in [7, 11) is 0. The quantitative estimate of drug-likeness (QED) is 0.325. The van der Waals surface area contributed by atoms with Crippen LogP contribution < -0.4 is 0 Å². The fourth-order valence-corrected chi connectivity index (χ4v) is 11.2. The van der Waals surface area contributed by atoms with Crippen LogP contribution in [0.5, 0.6) is 0 Å². The first-order chi connectivity index (χ1) is 18.2. The SMILES string of the molecule is C=CC[N+]1([C@H]2C[C@]3(C)C4CC[C@@]5(C)C(C[C@H](N6CCCC6)[C@@H]5OC(C)=O)C4CC[C@H]3C[C@@H]2O)CCOCC1. The lowest BCUT2D eigenvalue weighted by Crippen LogP contribution is -2.68. The van der Waals surface area contributed by atoms with E-state index in [1.807, 2.05) is 0 Å². The number of nitrogens with zero attached hydrogens (tertiary/aromatic N) is 2. The molecule has 0 bridgehead atoms. The Hall–Kier alpha value is -0.950. The van der Waals surface area contributed by atoms with Crippen LogP contribution in [-0.4, -0.2) is 90.7 Å². The molecule has 10 atom stereocenters. The number of carbonyl (C=O) groups excluding carboxylic acids is 1. The van der Waals surface area contributed by atoms with Crippen molar-refractivity contribution in [3.05, 3.63) is 12.7 Å². The molecule has 2 saturated heterocycles. The molecule has 0 aromatic heterocycles. The fourth-order valence-electron chi connectivity index (χ4n) is 11.2. The van der Waals surface area contributed by atoms with Gasteiger partial charge in [-0.25, -0.2) is 0 Å². The number of rotatable bonds is 5. The van der Waals surface area contributed by atoms with Gasteiger partial charge in [-0.2, -0.15) is 0 Å². The van der Waals surface area contributed by atoms with E-state index < -0.39 is 0 Å². The maximum Gasteiger partial charge on any atom is 0.302 e. The average molecular weight is 530 g/mol. The van der Waals surface area contributed by atoms with E-state index >= 15 is 0 Å². The molecule has 0 spiro atoms. The molecule has 0 radical (unpaired) electrons. The maximum atomic E-state index is 12.3. The van der Waals surface area contributed by atoms with E-state index in [4.69, 9.17) is 9.47 Å². The molecule has 214 valence electrons. The third kappa shape index (κ3) is 4.23. The fraction of sp³-hybridized carbons (Fsp3) is 0.906. The van der Waals surface area contributed by atoms with Gasteiger partial charge in [-0.05, 0) is 99.6 Å². The molecule has 2 heterocycles. The topological polar surface area (TPSA) is 59.0 Å². The molecule has 1 N–H and O–H groups in total. The summed E-state index contributed by atoms with van der Waals surface area (Å²) in [5.41, 5.74) is 0.346. The molecule has 6 rings (SSSR count). The zero-order valence-electron chi connectivity index (χ0n) is 24.3. The number of fused-ring (bicyclic) bond motifs is 5. The largest absolute Gasteiger partial charge is 0.460 e. The molecule has 38 heavy (non-hydrogen) atoms. The number of aliphatic hydroxyl groups excluding tert-OH is 1. The lowest BCUT2D eigenvalue weighted by Gasteiger charge is -2.63. The molecule has 6 nitrogen and oxygen atoms in total. The van der Waals surface area contributed by atoms with E-state index in [9.17, 15) is 9.90 Å². The Morgan fingerprint density at radius 2 is 1.84 bits per heavy atom. The third-order valence-corrected chi connectivity index (χ3v) is 13.1. The van der Waals surface area contributed by atoms with Gasteiger partial charge >= 0.3 is 5.97 Å². The molecule has 4 aliphatic carbocycles. The first-order valence-corrected chi connectivity index (χ1v) is 15.9. The number of likely N-dealkylation sites (tertiary alicyclic amines) is 1. The van der Waals surface area contributed by atoms with Crippen molar-refractivity contribution >= 4 is 5.97 Å². The molecule has 0 aromatic carbocycles. The Balaban J connectivity index is 1.29. The lowest BCUT2D eigenvalue weighted by molar-refractivity contribution is -0.958. The van der Waals surface area contributed by atoms with Crippen molar-refractivity contribution in [2.45, 2.75) is 103 Å². The first-order valence-electron chi connectivity index (χ1n) is 15.9. The summed E-state index contributed by atoms with van der Waals surface area (Å²) in [4.78, 5) is 15.0. The summed E-state index contributed by atoms with van der Waals surface area (Å²) in [6.07, 6.45) is 12.6. The van der Waals surface area contributed by atoms with Gasteiger partial charge in [0.25, 0.3) is 0 Å². The minimum atomic E-state index is -0.226. The van der Waals surface area contributed by atoms with Crippen molar-refractivity contribution in [1.29, 1.82) is 0 Å². The summed E-state index contributed by atoms with van der Waals surface area (Å²) >= 11 is 0. The molecule has 0 amide bonds. The highest BCUT2D eigenvalue weighted by Gasteiger charge is 2.66. The van der Waals surface area contributed by atoms with Crippen molar-refractivity contribution in [2.75, 3.05) is 45.9 Å². The summed E-state index contributed by atoms with van der Waals surface area (Å²) in [5.74, 6) is 2.54. The molecule has 0 aromatic rings. The van der Waals surface area contributed by atoms with Crippen molar-refractivity contribution in [2.24, 2.45) is 34.5 Å². The zero-order valence-corrected chi connectivity index (χ0v) is 24.3. The van der Waals surface area contributed by atoms with E-state index in [2.05, 4.69) is 31.4 Å². The van der Waals surface area contributed by atoms with Gasteiger partial charge < -0.3 is 19.1 Å². The zero-order chi connectivity index (χ0) is 26.7. The minimum Gasteiger partial charge on any atom is -0.460 e. The van der Waals surface area contributed by atoms with E-state index in [-0.39, 0.29) is 35.0 Å². The van der Waals surface area contributed by atoms with Crippen molar-refractivity contribution in [1.82, 2.24) is 4.90 Å². The predicted molar refractivity (Wildman–Crippen MR) is 148 cm³/mol. The maximum absolute atomic E-state index is 12.3. The molecule has 2 aliphatic heterocycles. The van der Waals surface area contributed by atoms with E-state index in [0.29, 0.717) is 29.7 Å². The monoisotopic (exact) mass is 529 g/mol. The van der Waals surface area contributed by atoms with Crippen LogP contribution >= 0.6 is 0 Å². The highest BCUT2D eigenvalue weighted by Crippen LogP contribution is 2.67. The highest BCUT2D eigenvalue weighted by molar-refractivity contribution is 5.66. The van der Waals surface area contributed by atoms with Crippen molar-refractivity contribution < 1.29 is 23.9 Å². The van der Waals surface area contributed by atoms with Gasteiger partial charge in [0.05, 0.1) is 19.8 Å². The van der Waals surface area contributed by atoms with Gasteiger partial charge in [0.1, 0.15) is 31.3 Å². The second-order valence-corrected chi connectivity index (χ2v) is 14.6. The highest BCUT2D eigenvalue weighted by atomic mass is 16.5. The van der Waals surface area contributed by atoms with Gasteiger partial charge in [0.15, 0.2) is 0 Å². The molecule has 4 saturated carbocycles. The Morgan fingerprint density at radius 3 is 2.53 bits per heavy atom. The van der Waals surface area contributed by atoms with E-state index in [1.165, 1.54) is 38.5 Å². The summed E-state index contributed by atoms with van der Waals surface area (Å²) in [5, 5.41) is 11.6. The smallest absolute Gasteiger partial charge is 0.302 e. The average Bonchev–Trinajstić information content (AvgIpc) is 3.51. The minimum absolute atomic E-state index is 0.0327. The number of esters is 1. The lowest BCUT2D eigenvalue weighted by atomic mass is 9.44. The van der Waals surface area contributed by atoms with Crippen LogP contribution in [0.1, 0.15) is 78.6 Å². The molecular weight excluding hydrogens is 476 g/mol. The number of quaternary nitrogens is 1. The van der Waals surface area contributed by atoms with E-state index in [0.717, 1.165) is 69.7 Å². The van der Waals surface area contributed by atoms with Crippen LogP contribution in [0.25, 0.3) is 0 Å². The Bertz CT molecular complexity index is 898. The molecular formula is C32H53N2O4+. The molecule has 3 unspecified atom stereocenters. The summed E-state index contributed by atoms with van der Waals surface area (Å²) in [6.45, 7) is 17.6. The standard InChI is InChI=1S/C32H53N2O4/c1-5-14-34(15-17-37-18-16-34)28-21-32(4)23(19-29(28)36)8-9-24-25(32)10-11-31(3)26(24)20-27(30(31)38-22(2)35)33-12-6-7-13-33/h5,23-30,36H,1,6-21H2,2-4H3/q+1/t23-,24?,25?,26?,27-,28-,29-,30-,31-,32-/m0/s1. The first kappa shape index (κ1) is 27.2. The molecule has 6 heteroatoms. The summed E-state index contributed by atoms with van der Waals surface area (Å²) < 4.78 is 13.0. The van der Waals surface area contributed by atoms with Gasteiger partial charge in [-0.1, -0.05) is 20.4 Å². The van der Waals surface area contributed by atoms with E-state index in [1.54, 1.807) is 6.92 Å². The number of aliphatic hydroxyl groups is 1. The van der Waals surface area contributed by atoms with Gasteiger partial charge in [0, 0.05) is 24.8 Å². The number of hydrogen-bond donors (Lipinski definition) is 1. The Morgan fingerprint density at radius 1 is 1.11 bits per heavy atom. The van der Waals surface area contributed by atoms with Crippen molar-refractivity contribution in [3.63, 3.8) is 0 Å². The van der Waals surface area contributed by atoms with Crippen LogP contribution in [-0.2, 0) is 14.3 Å². The van der Waals surface area contributed by atoms with Crippen LogP contribution in [0, 0.1) is 34.5 Å². The number of morpholine rings is 1. The Kier molecular flexibility index (Phi) is 7.27. The third-order valence-electron chi connectivity index (χ3n) is 13.1. The second-order valence-electron chi connectivity index (χ2n) is 14.6. The molecule has 6 aliphatic rings. The van der Waals surface area contributed by atoms with Crippen LogP contribution in [0.4, 0.5) is 0 Å². The van der Waals surface area contributed by atoms with Crippen LogP contribution in [0.3, 0.4) is 0 Å². The number of hydrogen-bond acceptors (Lipinski definition) is 5. The van der Waals surface area contributed by atoms with Crippen LogP contribution in [0.2, 0.25) is 0 Å².